The van der Waals surface area contributed by atoms with Crippen LogP contribution in [0.5, 0.6) is 0 Å². The highest BCUT2D eigenvalue weighted by molar-refractivity contribution is 7.89. The van der Waals surface area contributed by atoms with Gasteiger partial charge >= 0.3 is 16.2 Å². The number of rotatable bonds is 8. The van der Waals surface area contributed by atoms with E-state index in [9.17, 15) is 18.3 Å². The molecule has 0 aliphatic heterocycles. The SMILES string of the molecule is Cc1c(CC(C)C)sc(S(=O)(=O)OC(=O)NC2(O)CCCC2)c1-c1ccc(Cn2ccnc2C)c(F)c1. The minimum absolute atomic E-state index is 0.160. The van der Waals surface area contributed by atoms with E-state index in [4.69, 9.17) is 4.18 Å². The van der Waals surface area contributed by atoms with Crippen molar-refractivity contribution in [1.82, 2.24) is 14.9 Å². The molecule has 37 heavy (non-hydrogen) atoms. The number of hydrogen-bond acceptors (Lipinski definition) is 7. The normalized spacial score (nSPS) is 15.3. The van der Waals surface area contributed by atoms with E-state index < -0.39 is 27.8 Å². The number of thiophene rings is 1. The van der Waals surface area contributed by atoms with Crippen LogP contribution >= 0.6 is 11.3 Å². The Labute approximate surface area is 220 Å². The first kappa shape index (κ1) is 27.3. The standard InChI is InChI=1S/C26H32FN3O5S2/c1-16(2)13-22-17(3)23(19-7-8-20(21(27)14-19)15-30-12-11-28-18(30)4)24(36-22)37(33,34)35-25(31)29-26(32)9-5-6-10-26/h7-8,11-12,14,16,32H,5-6,9-10,13,15H2,1-4H3,(H,29,31). The average Bonchev–Trinajstić information content (AvgIpc) is 3.49. The molecule has 0 bridgehead atoms. The Hall–Kier alpha value is -2.76. The first-order chi connectivity index (χ1) is 17.4. The number of halogens is 1. The van der Waals surface area contributed by atoms with Crippen LogP contribution in [0.1, 0.15) is 61.4 Å². The van der Waals surface area contributed by atoms with Gasteiger partial charge in [-0.3, -0.25) is 5.32 Å². The summed E-state index contributed by atoms with van der Waals surface area (Å²) >= 11 is 1.03. The van der Waals surface area contributed by atoms with Gasteiger partial charge in [0.15, 0.2) is 4.21 Å². The lowest BCUT2D eigenvalue weighted by molar-refractivity contribution is 0.0179. The quantitative estimate of drug-likeness (QED) is 0.292. The van der Waals surface area contributed by atoms with E-state index in [0.717, 1.165) is 34.9 Å². The minimum atomic E-state index is -4.55. The molecule has 1 amide bonds. The minimum Gasteiger partial charge on any atom is -0.371 e. The van der Waals surface area contributed by atoms with Gasteiger partial charge in [-0.25, -0.2) is 14.2 Å². The molecule has 0 atom stereocenters. The number of aromatic nitrogens is 2. The predicted octanol–water partition coefficient (Wildman–Crippen LogP) is 5.29. The molecule has 0 saturated heterocycles. The Balaban J connectivity index is 1.69. The predicted molar refractivity (Wildman–Crippen MR) is 139 cm³/mol. The fraction of sp³-hybridized carbons (Fsp3) is 0.462. The van der Waals surface area contributed by atoms with Crippen LogP contribution in [0.25, 0.3) is 11.1 Å². The van der Waals surface area contributed by atoms with Gasteiger partial charge in [0.05, 0.1) is 6.54 Å². The lowest BCUT2D eigenvalue weighted by Gasteiger charge is -2.22. The first-order valence-electron chi connectivity index (χ1n) is 12.3. The van der Waals surface area contributed by atoms with Gasteiger partial charge in [-0.05, 0) is 69.1 Å². The summed E-state index contributed by atoms with van der Waals surface area (Å²) < 4.78 is 48.4. The van der Waals surface area contributed by atoms with Crippen molar-refractivity contribution < 1.29 is 26.9 Å². The Morgan fingerprint density at radius 3 is 2.59 bits per heavy atom. The van der Waals surface area contributed by atoms with E-state index in [0.29, 0.717) is 41.5 Å². The maximum absolute atomic E-state index is 15.2. The Kier molecular flexibility index (Phi) is 7.77. The topological polar surface area (TPSA) is 111 Å². The second-order valence-electron chi connectivity index (χ2n) is 10.0. The van der Waals surface area contributed by atoms with Gasteiger partial charge < -0.3 is 13.9 Å². The number of hydrogen-bond donors (Lipinski definition) is 2. The van der Waals surface area contributed by atoms with Crippen molar-refractivity contribution in [2.75, 3.05) is 0 Å². The number of carbonyl (C=O) groups is 1. The third-order valence-corrected chi connectivity index (χ3v) is 9.59. The summed E-state index contributed by atoms with van der Waals surface area (Å²) in [7, 11) is -4.55. The third-order valence-electron chi connectivity index (χ3n) is 6.59. The highest BCUT2D eigenvalue weighted by Crippen LogP contribution is 2.41. The van der Waals surface area contributed by atoms with Crippen molar-refractivity contribution in [2.45, 2.75) is 76.3 Å². The molecule has 8 nitrogen and oxygen atoms in total. The van der Waals surface area contributed by atoms with E-state index in [1.807, 2.05) is 25.3 Å². The summed E-state index contributed by atoms with van der Waals surface area (Å²) in [5.74, 6) is 0.521. The molecule has 2 N–H and O–H groups in total. The average molecular weight is 550 g/mol. The van der Waals surface area contributed by atoms with Crippen LogP contribution < -0.4 is 5.32 Å². The van der Waals surface area contributed by atoms with Crippen LogP contribution in [0.4, 0.5) is 9.18 Å². The van der Waals surface area contributed by atoms with Gasteiger partial charge in [0.25, 0.3) is 0 Å². The Morgan fingerprint density at radius 1 is 1.30 bits per heavy atom. The monoisotopic (exact) mass is 549 g/mol. The number of benzene rings is 1. The molecule has 3 aromatic rings. The molecule has 1 aliphatic carbocycles. The summed E-state index contributed by atoms with van der Waals surface area (Å²) in [6, 6.07) is 4.62. The van der Waals surface area contributed by atoms with Gasteiger partial charge in [0.1, 0.15) is 17.4 Å². The zero-order valence-corrected chi connectivity index (χ0v) is 23.0. The van der Waals surface area contributed by atoms with Crippen molar-refractivity contribution in [1.29, 1.82) is 0 Å². The van der Waals surface area contributed by atoms with Crippen LogP contribution in [0, 0.1) is 25.6 Å². The maximum atomic E-state index is 15.2. The maximum Gasteiger partial charge on any atom is 0.425 e. The van der Waals surface area contributed by atoms with Crippen LogP contribution in [0.3, 0.4) is 0 Å². The lowest BCUT2D eigenvalue weighted by atomic mass is 9.99. The zero-order chi connectivity index (χ0) is 27.0. The molecule has 1 saturated carbocycles. The zero-order valence-electron chi connectivity index (χ0n) is 21.4. The van der Waals surface area contributed by atoms with E-state index >= 15 is 4.39 Å². The lowest BCUT2D eigenvalue weighted by Crippen LogP contribution is -2.46. The summed E-state index contributed by atoms with van der Waals surface area (Å²) in [4.78, 5) is 17.4. The van der Waals surface area contributed by atoms with Crippen LogP contribution in [-0.2, 0) is 27.3 Å². The summed E-state index contributed by atoms with van der Waals surface area (Å²) in [5.41, 5.74) is 0.357. The summed E-state index contributed by atoms with van der Waals surface area (Å²) in [5, 5.41) is 12.7. The number of carbonyl (C=O) groups excluding carboxylic acids is 1. The third kappa shape index (κ3) is 6.05. The molecule has 0 radical (unpaired) electrons. The van der Waals surface area contributed by atoms with Gasteiger partial charge in [-0.15, -0.1) is 11.3 Å². The molecule has 4 rings (SSSR count). The van der Waals surface area contributed by atoms with Crippen LogP contribution in [0.2, 0.25) is 0 Å². The van der Waals surface area contributed by atoms with E-state index in [1.54, 1.807) is 31.5 Å². The number of aryl methyl sites for hydroxylation is 1. The van der Waals surface area contributed by atoms with Crippen molar-refractivity contribution in [2.24, 2.45) is 5.92 Å². The van der Waals surface area contributed by atoms with E-state index in [2.05, 4.69) is 10.3 Å². The van der Waals surface area contributed by atoms with Crippen LogP contribution in [0.15, 0.2) is 34.8 Å². The largest absolute Gasteiger partial charge is 0.425 e. The van der Waals surface area contributed by atoms with Crippen molar-refractivity contribution in [3.8, 4) is 11.1 Å². The van der Waals surface area contributed by atoms with E-state index in [1.165, 1.54) is 6.07 Å². The molecule has 200 valence electrons. The van der Waals surface area contributed by atoms with E-state index in [-0.39, 0.29) is 16.7 Å². The van der Waals surface area contributed by atoms with Gasteiger partial charge in [0, 0.05) is 28.4 Å². The number of imidazole rings is 1. The molecule has 1 fully saturated rings. The summed E-state index contributed by atoms with van der Waals surface area (Å²) in [6.45, 7) is 7.95. The molecular weight excluding hydrogens is 517 g/mol. The highest BCUT2D eigenvalue weighted by atomic mass is 32.3. The molecule has 0 spiro atoms. The Bertz CT molecular complexity index is 1410. The molecule has 0 unspecified atom stereocenters. The van der Waals surface area contributed by atoms with Crippen molar-refractivity contribution in [3.63, 3.8) is 0 Å². The molecule has 11 heteroatoms. The summed E-state index contributed by atoms with van der Waals surface area (Å²) in [6.07, 6.45) is 4.89. The smallest absolute Gasteiger partial charge is 0.371 e. The molecule has 2 heterocycles. The number of nitrogens with one attached hydrogen (secondary N) is 1. The van der Waals surface area contributed by atoms with Gasteiger partial charge in [-0.1, -0.05) is 26.0 Å². The second-order valence-corrected chi connectivity index (χ2v) is 12.9. The van der Waals surface area contributed by atoms with Crippen molar-refractivity contribution in [3.05, 3.63) is 58.2 Å². The van der Waals surface area contributed by atoms with Crippen molar-refractivity contribution >= 4 is 27.5 Å². The number of aliphatic hydroxyl groups is 1. The van der Waals surface area contributed by atoms with Crippen LogP contribution in [-0.4, -0.2) is 34.9 Å². The van der Waals surface area contributed by atoms with Gasteiger partial charge in [-0.2, -0.15) is 8.42 Å². The van der Waals surface area contributed by atoms with Gasteiger partial charge in [0.2, 0.25) is 0 Å². The number of amides is 1. The number of nitrogens with zero attached hydrogens (tertiary/aromatic N) is 2. The fourth-order valence-electron chi connectivity index (χ4n) is 4.63. The molecule has 1 aromatic carbocycles. The molecule has 1 aliphatic rings. The highest BCUT2D eigenvalue weighted by Gasteiger charge is 2.36. The first-order valence-corrected chi connectivity index (χ1v) is 14.5. The fourth-order valence-corrected chi connectivity index (χ4v) is 7.54. The molecule has 2 aromatic heterocycles. The second kappa shape index (κ2) is 10.5. The molecular formula is C26H32FN3O5S2. The Morgan fingerprint density at radius 2 is 2.00 bits per heavy atom.